The average Bonchev–Trinajstić information content (AvgIpc) is 3.43. The van der Waals surface area contributed by atoms with Crippen molar-refractivity contribution in [1.29, 1.82) is 0 Å². The zero-order chi connectivity index (χ0) is 29.1. The van der Waals surface area contributed by atoms with Crippen LogP contribution in [0.1, 0.15) is 12.8 Å². The van der Waals surface area contributed by atoms with E-state index in [1.807, 2.05) is 6.07 Å². The third kappa shape index (κ3) is 5.59. The SMILES string of the molecule is COc1cc2c(cc1OC(=O)N(C)CCOC(=O)CCCBr)c(=O)n(CCN)c1c3cc4c(cc3ncc21)OCO4. The second kappa shape index (κ2) is 12.2. The number of benzene rings is 2. The maximum absolute atomic E-state index is 13.8. The number of alkyl halides is 1. The van der Waals surface area contributed by atoms with Crippen molar-refractivity contribution in [2.75, 3.05) is 46.0 Å². The summed E-state index contributed by atoms with van der Waals surface area (Å²) < 4.78 is 29.0. The number of likely N-dealkylation sites (N-methyl/N-ethyl adjacent to an activating group) is 1. The summed E-state index contributed by atoms with van der Waals surface area (Å²) in [6.45, 7) is 0.729. The quantitative estimate of drug-likeness (QED) is 0.157. The van der Waals surface area contributed by atoms with Gasteiger partial charge in [0.1, 0.15) is 6.61 Å². The lowest BCUT2D eigenvalue weighted by Crippen LogP contribution is -2.33. The van der Waals surface area contributed by atoms with Gasteiger partial charge in [-0.15, -0.1) is 0 Å². The van der Waals surface area contributed by atoms with Gasteiger partial charge in [0.25, 0.3) is 5.56 Å². The van der Waals surface area contributed by atoms with E-state index in [2.05, 4.69) is 20.9 Å². The first-order chi connectivity index (χ1) is 19.9. The van der Waals surface area contributed by atoms with E-state index in [1.54, 1.807) is 22.9 Å². The zero-order valence-corrected chi connectivity index (χ0v) is 24.2. The minimum atomic E-state index is -0.703. The Hall–Kier alpha value is -4.10. The number of ether oxygens (including phenoxy) is 5. The lowest BCUT2D eigenvalue weighted by molar-refractivity contribution is -0.143. The fourth-order valence-corrected chi connectivity index (χ4v) is 4.97. The van der Waals surface area contributed by atoms with E-state index in [0.29, 0.717) is 62.2 Å². The number of carbonyl (C=O) groups is 2. The number of fused-ring (bicyclic) bond motifs is 6. The summed E-state index contributed by atoms with van der Waals surface area (Å²) in [6, 6.07) is 6.73. The van der Waals surface area contributed by atoms with Gasteiger partial charge in [0, 0.05) is 60.3 Å². The molecule has 0 saturated heterocycles. The summed E-state index contributed by atoms with van der Waals surface area (Å²) in [5.41, 5.74) is 6.88. The molecule has 1 amide bonds. The molecule has 2 aromatic carbocycles. The molecule has 0 atom stereocenters. The number of rotatable bonds is 10. The monoisotopic (exact) mass is 628 g/mol. The number of esters is 1. The Labute approximate surface area is 243 Å². The number of carbonyl (C=O) groups excluding carboxylic acids is 2. The van der Waals surface area contributed by atoms with Gasteiger partial charge < -0.3 is 38.9 Å². The fourth-order valence-electron chi connectivity index (χ4n) is 4.69. The van der Waals surface area contributed by atoms with Crippen molar-refractivity contribution in [3.8, 4) is 23.0 Å². The van der Waals surface area contributed by atoms with Crippen molar-refractivity contribution in [3.63, 3.8) is 0 Å². The summed E-state index contributed by atoms with van der Waals surface area (Å²) in [5, 5.41) is 2.98. The molecule has 0 aliphatic carbocycles. The molecule has 13 heteroatoms. The van der Waals surface area contributed by atoms with Crippen LogP contribution in [0.5, 0.6) is 23.0 Å². The molecule has 3 heterocycles. The number of pyridine rings is 2. The highest BCUT2D eigenvalue weighted by Gasteiger charge is 2.22. The first-order valence-electron chi connectivity index (χ1n) is 13.0. The molecule has 41 heavy (non-hydrogen) atoms. The average molecular weight is 629 g/mol. The van der Waals surface area contributed by atoms with Gasteiger partial charge in [0.05, 0.1) is 30.1 Å². The normalized spacial score (nSPS) is 12.2. The van der Waals surface area contributed by atoms with Crippen molar-refractivity contribution in [1.82, 2.24) is 14.5 Å². The van der Waals surface area contributed by atoms with E-state index < -0.39 is 6.09 Å². The van der Waals surface area contributed by atoms with Crippen LogP contribution in [0.4, 0.5) is 4.79 Å². The maximum Gasteiger partial charge on any atom is 0.415 e. The molecule has 0 spiro atoms. The first-order valence-corrected chi connectivity index (χ1v) is 14.1. The second-order valence-corrected chi connectivity index (χ2v) is 10.1. The molecule has 4 aromatic rings. The lowest BCUT2D eigenvalue weighted by atomic mass is 10.0. The minimum Gasteiger partial charge on any atom is -0.493 e. The Bertz CT molecular complexity index is 1710. The fraction of sp³-hybridized carbons (Fsp3) is 0.357. The molecule has 1 aliphatic rings. The van der Waals surface area contributed by atoms with Crippen LogP contribution < -0.4 is 30.2 Å². The summed E-state index contributed by atoms with van der Waals surface area (Å²) in [7, 11) is 2.97. The van der Waals surface area contributed by atoms with Gasteiger partial charge in [-0.25, -0.2) is 4.79 Å². The van der Waals surface area contributed by atoms with Crippen molar-refractivity contribution in [3.05, 3.63) is 40.8 Å². The molecule has 0 radical (unpaired) electrons. The number of nitrogens with two attached hydrogens (primary N) is 1. The number of halogens is 1. The van der Waals surface area contributed by atoms with Crippen LogP contribution in [0.15, 0.2) is 35.3 Å². The topological polar surface area (TPSA) is 144 Å². The summed E-state index contributed by atoms with van der Waals surface area (Å²) >= 11 is 3.27. The van der Waals surface area contributed by atoms with Crippen LogP contribution in [0.2, 0.25) is 0 Å². The molecule has 0 bridgehead atoms. The van der Waals surface area contributed by atoms with Gasteiger partial charge in [-0.05, 0) is 24.6 Å². The van der Waals surface area contributed by atoms with Gasteiger partial charge in [-0.1, -0.05) is 15.9 Å². The van der Waals surface area contributed by atoms with E-state index in [9.17, 15) is 14.4 Å². The molecule has 0 fully saturated rings. The van der Waals surface area contributed by atoms with Crippen LogP contribution >= 0.6 is 15.9 Å². The van der Waals surface area contributed by atoms with Crippen molar-refractivity contribution < 1.29 is 33.3 Å². The number of hydrogen-bond donors (Lipinski definition) is 1. The predicted molar refractivity (Wildman–Crippen MR) is 155 cm³/mol. The summed E-state index contributed by atoms with van der Waals surface area (Å²) in [5.74, 6) is 1.14. The molecular weight excluding hydrogens is 600 g/mol. The molecule has 12 nitrogen and oxygen atoms in total. The van der Waals surface area contributed by atoms with Crippen LogP contribution in [0.3, 0.4) is 0 Å². The standard InChI is InChI=1S/C28H29BrN4O8/c1-32(8-9-38-25(34)4-3-5-29)28(36)41-24-11-17-16(10-21(24)37-2)19-14-31-20-13-23-22(39-15-40-23)12-18(20)26(19)33(7-6-30)27(17)35/h10-14H,3-9,15,30H2,1-2H3. The largest absolute Gasteiger partial charge is 0.493 e. The van der Waals surface area contributed by atoms with Crippen LogP contribution in [0, 0.1) is 0 Å². The highest BCUT2D eigenvalue weighted by molar-refractivity contribution is 9.09. The Kier molecular flexibility index (Phi) is 8.45. The maximum atomic E-state index is 13.8. The van der Waals surface area contributed by atoms with Gasteiger partial charge in [-0.2, -0.15) is 0 Å². The first kappa shape index (κ1) is 28.4. The highest BCUT2D eigenvalue weighted by atomic mass is 79.9. The predicted octanol–water partition coefficient (Wildman–Crippen LogP) is 3.55. The second-order valence-electron chi connectivity index (χ2n) is 9.34. The van der Waals surface area contributed by atoms with Crippen LogP contribution in [-0.2, 0) is 16.1 Å². The number of aromatic nitrogens is 2. The molecular formula is C28H29BrN4O8. The Morgan fingerprint density at radius 2 is 1.85 bits per heavy atom. The lowest BCUT2D eigenvalue weighted by Gasteiger charge is -2.19. The molecule has 5 rings (SSSR count). The number of methoxy groups -OCH3 is 1. The molecule has 216 valence electrons. The molecule has 0 unspecified atom stereocenters. The number of hydrogen-bond acceptors (Lipinski definition) is 10. The number of amides is 1. The molecule has 0 saturated carbocycles. The Morgan fingerprint density at radius 3 is 2.59 bits per heavy atom. The third-order valence-electron chi connectivity index (χ3n) is 6.74. The van der Waals surface area contributed by atoms with Gasteiger partial charge >= 0.3 is 12.1 Å². The molecule has 1 aliphatic heterocycles. The smallest absolute Gasteiger partial charge is 0.415 e. The van der Waals surface area contributed by atoms with Crippen molar-refractivity contribution >= 4 is 60.6 Å². The van der Waals surface area contributed by atoms with Gasteiger partial charge in [0.2, 0.25) is 6.79 Å². The van der Waals surface area contributed by atoms with E-state index in [0.717, 1.165) is 0 Å². The van der Waals surface area contributed by atoms with Gasteiger partial charge in [-0.3, -0.25) is 14.6 Å². The zero-order valence-electron chi connectivity index (χ0n) is 22.6. The number of nitrogens with zero attached hydrogens (tertiary/aromatic N) is 3. The Balaban J connectivity index is 1.52. The van der Waals surface area contributed by atoms with Crippen molar-refractivity contribution in [2.24, 2.45) is 5.73 Å². The Morgan fingerprint density at radius 1 is 1.10 bits per heavy atom. The van der Waals surface area contributed by atoms with Crippen LogP contribution in [0.25, 0.3) is 32.6 Å². The van der Waals surface area contributed by atoms with E-state index in [-0.39, 0.29) is 56.1 Å². The van der Waals surface area contributed by atoms with E-state index >= 15 is 0 Å². The van der Waals surface area contributed by atoms with E-state index in [1.165, 1.54) is 25.1 Å². The third-order valence-corrected chi connectivity index (χ3v) is 7.30. The summed E-state index contributed by atoms with van der Waals surface area (Å²) in [6.07, 6.45) is 1.94. The molecule has 2 aromatic heterocycles. The minimum absolute atomic E-state index is 0.0265. The highest BCUT2D eigenvalue weighted by Crippen LogP contribution is 2.40. The molecule has 2 N–H and O–H groups in total. The van der Waals surface area contributed by atoms with Crippen LogP contribution in [-0.4, -0.2) is 72.5 Å². The van der Waals surface area contributed by atoms with Gasteiger partial charge in [0.15, 0.2) is 23.0 Å². The van der Waals surface area contributed by atoms with Crippen molar-refractivity contribution in [2.45, 2.75) is 19.4 Å². The van der Waals surface area contributed by atoms with E-state index in [4.69, 9.17) is 29.4 Å². The summed E-state index contributed by atoms with van der Waals surface area (Å²) in [4.78, 5) is 44.3.